The quantitative estimate of drug-likeness (QED) is 0.830. The number of ether oxygens (including phenoxy) is 1. The van der Waals surface area contributed by atoms with Gasteiger partial charge in [0.2, 0.25) is 11.7 Å². The Morgan fingerprint density at radius 1 is 1.50 bits per heavy atom. The number of nitrogens with zero attached hydrogens (tertiary/aromatic N) is 4. The highest BCUT2D eigenvalue weighted by atomic mass is 16.5. The van der Waals surface area contributed by atoms with E-state index in [1.165, 1.54) is 0 Å². The minimum Gasteiger partial charge on any atom is -0.376 e. The molecule has 0 aliphatic carbocycles. The van der Waals surface area contributed by atoms with Crippen LogP contribution in [0.4, 0.5) is 4.79 Å². The maximum absolute atomic E-state index is 11.7. The largest absolute Gasteiger partial charge is 0.376 e. The second-order valence-electron chi connectivity index (χ2n) is 5.11. The van der Waals surface area contributed by atoms with Crippen molar-refractivity contribution in [2.45, 2.75) is 25.5 Å². The van der Waals surface area contributed by atoms with Crippen molar-refractivity contribution in [3.8, 4) is 11.4 Å². The average molecular weight is 306 g/mol. The molecule has 3 heterocycles. The van der Waals surface area contributed by atoms with Crippen molar-refractivity contribution in [1.29, 1.82) is 0 Å². The SMILES string of the molecule is Cn1cc(-c2noc(CNC(=O)NCC3CCCO3)n2)cn1. The summed E-state index contributed by atoms with van der Waals surface area (Å²) in [5.41, 5.74) is 0.764. The Labute approximate surface area is 127 Å². The van der Waals surface area contributed by atoms with Crippen LogP contribution >= 0.6 is 0 Å². The lowest BCUT2D eigenvalue weighted by Gasteiger charge is -2.10. The van der Waals surface area contributed by atoms with E-state index in [0.717, 1.165) is 25.0 Å². The van der Waals surface area contributed by atoms with Crippen LogP contribution in [-0.2, 0) is 18.3 Å². The number of urea groups is 1. The summed E-state index contributed by atoms with van der Waals surface area (Å²) in [5, 5.41) is 13.3. The van der Waals surface area contributed by atoms with Crippen LogP contribution in [0.2, 0.25) is 0 Å². The molecule has 0 bridgehead atoms. The molecule has 22 heavy (non-hydrogen) atoms. The Morgan fingerprint density at radius 3 is 3.14 bits per heavy atom. The fourth-order valence-electron chi connectivity index (χ4n) is 2.21. The van der Waals surface area contributed by atoms with Gasteiger partial charge in [-0.2, -0.15) is 10.1 Å². The predicted molar refractivity (Wildman–Crippen MR) is 75.7 cm³/mol. The number of carbonyl (C=O) groups is 1. The molecule has 0 aromatic carbocycles. The smallest absolute Gasteiger partial charge is 0.315 e. The summed E-state index contributed by atoms with van der Waals surface area (Å²) in [7, 11) is 1.81. The monoisotopic (exact) mass is 306 g/mol. The van der Waals surface area contributed by atoms with Gasteiger partial charge in [-0.15, -0.1) is 0 Å². The van der Waals surface area contributed by atoms with Gasteiger partial charge in [0.1, 0.15) is 0 Å². The van der Waals surface area contributed by atoms with Crippen LogP contribution in [0.5, 0.6) is 0 Å². The number of amides is 2. The maximum atomic E-state index is 11.7. The molecule has 1 aliphatic heterocycles. The maximum Gasteiger partial charge on any atom is 0.315 e. The topological polar surface area (TPSA) is 107 Å². The van der Waals surface area contributed by atoms with E-state index in [9.17, 15) is 4.79 Å². The minimum atomic E-state index is -0.281. The van der Waals surface area contributed by atoms with E-state index in [1.807, 2.05) is 7.05 Å². The second-order valence-corrected chi connectivity index (χ2v) is 5.11. The summed E-state index contributed by atoms with van der Waals surface area (Å²) in [4.78, 5) is 15.9. The van der Waals surface area contributed by atoms with Crippen LogP contribution in [0.3, 0.4) is 0 Å². The average Bonchev–Trinajstić information content (AvgIpc) is 3.24. The molecule has 1 aliphatic rings. The summed E-state index contributed by atoms with van der Waals surface area (Å²) >= 11 is 0. The molecular formula is C13H18N6O3. The van der Waals surface area contributed by atoms with E-state index in [-0.39, 0.29) is 18.7 Å². The first-order chi connectivity index (χ1) is 10.7. The molecule has 3 rings (SSSR count). The number of rotatable bonds is 5. The number of hydrogen-bond acceptors (Lipinski definition) is 6. The van der Waals surface area contributed by atoms with Gasteiger partial charge in [0, 0.05) is 26.4 Å². The number of aromatic nitrogens is 4. The summed E-state index contributed by atoms with van der Waals surface area (Å²) in [5.74, 6) is 0.788. The van der Waals surface area contributed by atoms with Gasteiger partial charge >= 0.3 is 6.03 Å². The standard InChI is InChI=1S/C13H18N6O3/c1-19-8-9(5-16-19)12-17-11(22-18-12)7-15-13(20)14-6-10-3-2-4-21-10/h5,8,10H,2-4,6-7H2,1H3,(H2,14,15,20). The summed E-state index contributed by atoms with van der Waals surface area (Å²) in [6, 6.07) is -0.281. The third-order valence-corrected chi connectivity index (χ3v) is 3.35. The van der Waals surface area contributed by atoms with E-state index in [0.29, 0.717) is 18.3 Å². The van der Waals surface area contributed by atoms with Gasteiger partial charge in [0.15, 0.2) is 0 Å². The molecule has 2 aromatic heterocycles. The van der Waals surface area contributed by atoms with E-state index < -0.39 is 0 Å². The molecular weight excluding hydrogens is 288 g/mol. The molecule has 2 aromatic rings. The first kappa shape index (κ1) is 14.5. The number of aryl methyl sites for hydroxylation is 1. The lowest BCUT2D eigenvalue weighted by molar-refractivity contribution is 0.111. The van der Waals surface area contributed by atoms with Crippen molar-refractivity contribution in [3.63, 3.8) is 0 Å². The van der Waals surface area contributed by atoms with Gasteiger partial charge < -0.3 is 19.9 Å². The molecule has 1 atom stereocenters. The highest BCUT2D eigenvalue weighted by Gasteiger charge is 2.16. The Balaban J connectivity index is 1.45. The normalized spacial score (nSPS) is 17.6. The molecule has 1 unspecified atom stereocenters. The lowest BCUT2D eigenvalue weighted by atomic mass is 10.2. The van der Waals surface area contributed by atoms with Crippen molar-refractivity contribution >= 4 is 6.03 Å². The van der Waals surface area contributed by atoms with Gasteiger partial charge in [0.05, 0.1) is 24.4 Å². The fourth-order valence-corrected chi connectivity index (χ4v) is 2.21. The van der Waals surface area contributed by atoms with Crippen LogP contribution in [0.25, 0.3) is 11.4 Å². The molecule has 0 spiro atoms. The summed E-state index contributed by atoms with van der Waals surface area (Å²) < 4.78 is 12.2. The van der Waals surface area contributed by atoms with Gasteiger partial charge in [0.25, 0.3) is 0 Å². The Hall–Kier alpha value is -2.42. The molecule has 9 heteroatoms. The van der Waals surface area contributed by atoms with E-state index in [2.05, 4.69) is 25.9 Å². The van der Waals surface area contributed by atoms with Crippen molar-refractivity contribution < 1.29 is 14.1 Å². The highest BCUT2D eigenvalue weighted by molar-refractivity contribution is 5.73. The number of carbonyl (C=O) groups excluding carboxylic acids is 1. The van der Waals surface area contributed by atoms with Crippen LogP contribution in [0.15, 0.2) is 16.9 Å². The van der Waals surface area contributed by atoms with Gasteiger partial charge in [-0.1, -0.05) is 5.16 Å². The molecule has 0 saturated carbocycles. The summed E-state index contributed by atoms with van der Waals surface area (Å²) in [6.45, 7) is 1.45. The van der Waals surface area contributed by atoms with Crippen LogP contribution < -0.4 is 10.6 Å². The highest BCUT2D eigenvalue weighted by Crippen LogP contribution is 2.14. The molecule has 2 amide bonds. The van der Waals surface area contributed by atoms with E-state index in [4.69, 9.17) is 9.26 Å². The van der Waals surface area contributed by atoms with Gasteiger partial charge in [-0.05, 0) is 12.8 Å². The number of nitrogens with one attached hydrogen (secondary N) is 2. The second kappa shape index (κ2) is 6.56. The molecule has 2 N–H and O–H groups in total. The Kier molecular flexibility index (Phi) is 4.33. The molecule has 1 fully saturated rings. The molecule has 0 radical (unpaired) electrons. The van der Waals surface area contributed by atoms with E-state index >= 15 is 0 Å². The fraction of sp³-hybridized carbons (Fsp3) is 0.538. The van der Waals surface area contributed by atoms with Crippen molar-refractivity contribution in [1.82, 2.24) is 30.6 Å². The van der Waals surface area contributed by atoms with Crippen molar-refractivity contribution in [3.05, 3.63) is 18.3 Å². The zero-order valence-electron chi connectivity index (χ0n) is 12.3. The lowest BCUT2D eigenvalue weighted by Crippen LogP contribution is -2.39. The zero-order valence-corrected chi connectivity index (χ0v) is 12.3. The summed E-state index contributed by atoms with van der Waals surface area (Å²) in [6.07, 6.45) is 5.59. The van der Waals surface area contributed by atoms with Crippen LogP contribution in [0, 0.1) is 0 Å². The number of hydrogen-bond donors (Lipinski definition) is 2. The predicted octanol–water partition coefficient (Wildman–Crippen LogP) is 0.448. The molecule has 9 nitrogen and oxygen atoms in total. The molecule has 1 saturated heterocycles. The zero-order chi connectivity index (χ0) is 15.4. The van der Waals surface area contributed by atoms with Crippen LogP contribution in [0.1, 0.15) is 18.7 Å². The first-order valence-electron chi connectivity index (χ1n) is 7.15. The van der Waals surface area contributed by atoms with E-state index in [1.54, 1.807) is 17.1 Å². The third kappa shape index (κ3) is 3.61. The van der Waals surface area contributed by atoms with Gasteiger partial charge in [-0.25, -0.2) is 4.79 Å². The van der Waals surface area contributed by atoms with Crippen molar-refractivity contribution in [2.75, 3.05) is 13.2 Å². The Bertz CT molecular complexity index is 631. The third-order valence-electron chi connectivity index (χ3n) is 3.35. The van der Waals surface area contributed by atoms with Crippen molar-refractivity contribution in [2.24, 2.45) is 7.05 Å². The van der Waals surface area contributed by atoms with Gasteiger partial charge in [-0.3, -0.25) is 4.68 Å². The minimum absolute atomic E-state index is 0.117. The first-order valence-corrected chi connectivity index (χ1v) is 7.15. The van der Waals surface area contributed by atoms with Crippen LogP contribution in [-0.4, -0.2) is 45.2 Å². The molecule has 118 valence electrons. The Morgan fingerprint density at radius 2 is 2.41 bits per heavy atom.